The summed E-state index contributed by atoms with van der Waals surface area (Å²) in [4.78, 5) is 17.0. The molecule has 1 N–H and O–H groups in total. The van der Waals surface area contributed by atoms with Crippen molar-refractivity contribution in [3.05, 3.63) is 101 Å². The van der Waals surface area contributed by atoms with Gasteiger partial charge < -0.3 is 24.3 Å². The molecule has 42 heavy (non-hydrogen) atoms. The van der Waals surface area contributed by atoms with Crippen molar-refractivity contribution in [2.45, 2.75) is 39.8 Å². The monoisotopic (exact) mass is 568 g/mol. The van der Waals surface area contributed by atoms with E-state index in [1.54, 1.807) is 37.4 Å². The molecule has 0 aliphatic carbocycles. The maximum absolute atomic E-state index is 14.1. The number of halogens is 1. The summed E-state index contributed by atoms with van der Waals surface area (Å²) in [6, 6.07) is 17.0. The lowest BCUT2D eigenvalue weighted by Gasteiger charge is -2.33. The largest absolute Gasteiger partial charge is 0.496 e. The summed E-state index contributed by atoms with van der Waals surface area (Å²) in [6.07, 6.45) is 3.72. The van der Waals surface area contributed by atoms with Crippen molar-refractivity contribution in [1.29, 1.82) is 0 Å². The van der Waals surface area contributed by atoms with Crippen LogP contribution >= 0.6 is 0 Å². The molecule has 0 bridgehead atoms. The number of rotatable bonds is 8. The Morgan fingerprint density at radius 1 is 0.952 bits per heavy atom. The number of benzene rings is 3. The van der Waals surface area contributed by atoms with Gasteiger partial charge in [-0.25, -0.2) is 14.2 Å². The van der Waals surface area contributed by atoms with Gasteiger partial charge in [-0.2, -0.15) is 0 Å². The zero-order valence-corrected chi connectivity index (χ0v) is 24.5. The number of allylic oxidation sites excluding steroid dienone is 1. The van der Waals surface area contributed by atoms with Gasteiger partial charge in [0, 0.05) is 40.7 Å². The molecule has 3 aromatic carbocycles. The van der Waals surface area contributed by atoms with Gasteiger partial charge in [-0.15, -0.1) is 0 Å². The highest BCUT2D eigenvalue weighted by atomic mass is 19.1. The molecule has 0 unspecified atom stereocenters. The lowest BCUT2D eigenvalue weighted by Crippen LogP contribution is -2.32. The maximum Gasteiger partial charge on any atom is 0.349 e. The molecule has 4 aromatic rings. The van der Waals surface area contributed by atoms with Crippen LogP contribution in [0.1, 0.15) is 47.8 Å². The molecule has 2 heterocycles. The molecule has 1 aromatic heterocycles. The first kappa shape index (κ1) is 28.7. The number of hydrogen-bond acceptors (Lipinski definition) is 7. The summed E-state index contributed by atoms with van der Waals surface area (Å²) in [5, 5.41) is 3.59. The Morgan fingerprint density at radius 2 is 1.74 bits per heavy atom. The Labute approximate surface area is 244 Å². The third kappa shape index (κ3) is 5.79. The first-order chi connectivity index (χ1) is 20.1. The van der Waals surface area contributed by atoms with E-state index in [0.717, 1.165) is 39.1 Å². The predicted molar refractivity (Wildman–Crippen MR) is 161 cm³/mol. The normalized spacial score (nSPS) is 13.4. The second-order valence-electron chi connectivity index (χ2n) is 10.7. The number of nitrogens with one attached hydrogen (secondary N) is 1. The van der Waals surface area contributed by atoms with Crippen LogP contribution in [0.25, 0.3) is 16.7 Å². The fourth-order valence-electron chi connectivity index (χ4n) is 5.31. The molecular weight excluding hydrogens is 535 g/mol. The van der Waals surface area contributed by atoms with E-state index in [1.807, 2.05) is 25.1 Å². The lowest BCUT2D eigenvalue weighted by atomic mass is 9.85. The van der Waals surface area contributed by atoms with Gasteiger partial charge in [0.05, 0.1) is 19.8 Å². The number of fused-ring (bicyclic) bond motifs is 1. The van der Waals surface area contributed by atoms with Gasteiger partial charge in [-0.05, 0) is 80.8 Å². The van der Waals surface area contributed by atoms with Crippen LogP contribution in [0.2, 0.25) is 0 Å². The van der Waals surface area contributed by atoms with E-state index in [4.69, 9.17) is 18.9 Å². The van der Waals surface area contributed by atoms with Crippen LogP contribution in [0.5, 0.6) is 23.1 Å². The van der Waals surface area contributed by atoms with E-state index in [9.17, 15) is 9.18 Å². The smallest absolute Gasteiger partial charge is 0.349 e. The number of aromatic nitrogens is 1. The van der Waals surface area contributed by atoms with Gasteiger partial charge in [0.2, 0.25) is 5.88 Å². The molecule has 1 aliphatic heterocycles. The third-order valence-electron chi connectivity index (χ3n) is 7.12. The highest BCUT2D eigenvalue weighted by Crippen LogP contribution is 2.43. The fourth-order valence-corrected chi connectivity index (χ4v) is 5.31. The van der Waals surface area contributed by atoms with E-state index >= 15 is 0 Å². The van der Waals surface area contributed by atoms with E-state index < -0.39 is 5.97 Å². The highest BCUT2D eigenvalue weighted by molar-refractivity contribution is 5.93. The molecule has 0 saturated heterocycles. The summed E-state index contributed by atoms with van der Waals surface area (Å²) >= 11 is 0. The van der Waals surface area contributed by atoms with Crippen molar-refractivity contribution in [3.8, 4) is 34.3 Å². The number of hydrogen-bond donors (Lipinski definition) is 1. The Kier molecular flexibility index (Phi) is 7.89. The number of pyridine rings is 1. The summed E-state index contributed by atoms with van der Waals surface area (Å²) in [6.45, 7) is 8.38. The number of carbonyl (C=O) groups is 1. The number of nitrogens with zero attached hydrogens (tertiary/aromatic N) is 1. The Bertz CT molecular complexity index is 1700. The minimum Gasteiger partial charge on any atom is -0.496 e. The topological polar surface area (TPSA) is 78.9 Å². The number of aryl methyl sites for hydroxylation is 1. The average Bonchev–Trinajstić information content (AvgIpc) is 2.96. The van der Waals surface area contributed by atoms with Gasteiger partial charge >= 0.3 is 5.97 Å². The fraction of sp³-hybridized carbons (Fsp3) is 0.235. The lowest BCUT2D eigenvalue weighted by molar-refractivity contribution is 0.0730. The van der Waals surface area contributed by atoms with E-state index in [1.165, 1.54) is 25.4 Å². The maximum atomic E-state index is 14.1. The van der Waals surface area contributed by atoms with Crippen LogP contribution in [-0.4, -0.2) is 30.7 Å². The molecule has 0 fully saturated rings. The highest BCUT2D eigenvalue weighted by Gasteiger charge is 2.27. The van der Waals surface area contributed by atoms with Crippen molar-refractivity contribution in [2.75, 3.05) is 19.5 Å². The summed E-state index contributed by atoms with van der Waals surface area (Å²) < 4.78 is 36.9. The molecule has 7 nitrogen and oxygen atoms in total. The number of anilines is 1. The zero-order chi connectivity index (χ0) is 30.0. The van der Waals surface area contributed by atoms with Crippen molar-refractivity contribution in [2.24, 2.45) is 0 Å². The summed E-state index contributed by atoms with van der Waals surface area (Å²) in [7, 11) is 3.01. The van der Waals surface area contributed by atoms with Crippen LogP contribution in [0.3, 0.4) is 0 Å². The molecule has 0 amide bonds. The number of carbonyl (C=O) groups excluding carboxylic acids is 1. The Hall–Kier alpha value is -4.85. The Morgan fingerprint density at radius 3 is 2.50 bits per heavy atom. The van der Waals surface area contributed by atoms with Crippen LogP contribution in [0.15, 0.2) is 72.9 Å². The summed E-state index contributed by atoms with van der Waals surface area (Å²) in [5.74, 6) is 0.506. The molecular formula is C34H33FN2O5. The van der Waals surface area contributed by atoms with Crippen molar-refractivity contribution < 1.29 is 28.1 Å². The standard InChI is InChI=1S/C34H33FN2O5/c1-20-9-10-22(35)16-29(20)41-19-27-24(13-14-28-31(27)21(2)18-34(3,4)37-28)25-12-11-23(17-30(25)39-5)42-33(38)26-8-7-15-36-32(26)40-6/h7-18,37H,19H2,1-6H3. The molecule has 0 radical (unpaired) electrons. The first-order valence-electron chi connectivity index (χ1n) is 13.5. The number of esters is 1. The second-order valence-corrected chi connectivity index (χ2v) is 10.7. The van der Waals surface area contributed by atoms with Gasteiger partial charge in [-0.3, -0.25) is 0 Å². The van der Waals surface area contributed by atoms with E-state index in [0.29, 0.717) is 17.2 Å². The molecule has 0 spiro atoms. The average molecular weight is 569 g/mol. The Balaban J connectivity index is 1.56. The minimum absolute atomic E-state index is 0.179. The molecule has 216 valence electrons. The van der Waals surface area contributed by atoms with E-state index in [-0.39, 0.29) is 29.4 Å². The first-order valence-corrected chi connectivity index (χ1v) is 13.5. The van der Waals surface area contributed by atoms with Crippen LogP contribution in [0.4, 0.5) is 10.1 Å². The van der Waals surface area contributed by atoms with Gasteiger partial charge in [0.15, 0.2) is 0 Å². The third-order valence-corrected chi connectivity index (χ3v) is 7.12. The number of methoxy groups -OCH3 is 2. The quantitative estimate of drug-likeness (QED) is 0.173. The molecule has 8 heteroatoms. The van der Waals surface area contributed by atoms with Gasteiger partial charge in [0.1, 0.15) is 35.2 Å². The predicted octanol–water partition coefficient (Wildman–Crippen LogP) is 7.62. The molecule has 0 saturated carbocycles. The van der Waals surface area contributed by atoms with Crippen LogP contribution in [0, 0.1) is 12.7 Å². The summed E-state index contributed by atoms with van der Waals surface area (Å²) in [5.41, 5.74) is 6.49. The van der Waals surface area contributed by atoms with E-state index in [2.05, 4.69) is 37.1 Å². The van der Waals surface area contributed by atoms with Crippen molar-refractivity contribution >= 4 is 17.2 Å². The molecule has 0 atom stereocenters. The van der Waals surface area contributed by atoms with Gasteiger partial charge in [-0.1, -0.05) is 18.2 Å². The zero-order valence-electron chi connectivity index (χ0n) is 24.5. The van der Waals surface area contributed by atoms with Crippen molar-refractivity contribution in [3.63, 3.8) is 0 Å². The SMILES string of the molecule is COc1cc(OC(=O)c2cccnc2OC)ccc1-c1ccc2c(c1COc1cc(F)ccc1C)C(C)=CC(C)(C)N2. The minimum atomic E-state index is -0.600. The van der Waals surface area contributed by atoms with Crippen LogP contribution in [-0.2, 0) is 6.61 Å². The van der Waals surface area contributed by atoms with Crippen LogP contribution < -0.4 is 24.3 Å². The molecule has 1 aliphatic rings. The second kappa shape index (κ2) is 11.6. The number of ether oxygens (including phenoxy) is 4. The van der Waals surface area contributed by atoms with Gasteiger partial charge in [0.25, 0.3) is 0 Å². The van der Waals surface area contributed by atoms with Crippen molar-refractivity contribution in [1.82, 2.24) is 4.98 Å². The molecule has 5 rings (SSSR count).